The summed E-state index contributed by atoms with van der Waals surface area (Å²) >= 11 is 5.85. The van der Waals surface area contributed by atoms with E-state index < -0.39 is 0 Å². The number of benzene rings is 2. The maximum Gasteiger partial charge on any atom is 0.127 e. The minimum atomic E-state index is 0.531. The first-order valence-corrected chi connectivity index (χ1v) is 7.30. The fraction of sp³-hybridized carbons (Fsp3) is 0.294. The molecule has 2 nitrogen and oxygen atoms in total. The minimum Gasteiger partial charge on any atom is -0.457 e. The lowest BCUT2D eigenvalue weighted by Gasteiger charge is -2.12. The van der Waals surface area contributed by atoms with Crippen molar-refractivity contribution >= 4 is 11.6 Å². The van der Waals surface area contributed by atoms with Crippen LogP contribution >= 0.6 is 11.6 Å². The third-order valence-electron chi connectivity index (χ3n) is 3.34. The van der Waals surface area contributed by atoms with E-state index in [4.69, 9.17) is 22.1 Å². The van der Waals surface area contributed by atoms with Gasteiger partial charge in [-0.2, -0.15) is 0 Å². The second kappa shape index (κ2) is 7.32. The molecule has 0 amide bonds. The molecule has 0 spiro atoms. The van der Waals surface area contributed by atoms with Crippen molar-refractivity contribution in [2.45, 2.75) is 25.7 Å². The highest BCUT2D eigenvalue weighted by Gasteiger charge is 2.05. The summed E-state index contributed by atoms with van der Waals surface area (Å²) in [5.74, 6) is 2.16. The van der Waals surface area contributed by atoms with Crippen LogP contribution in [0.1, 0.15) is 31.2 Å². The van der Waals surface area contributed by atoms with Crippen LogP contribution in [0.5, 0.6) is 11.5 Å². The van der Waals surface area contributed by atoms with Crippen molar-refractivity contribution in [1.29, 1.82) is 0 Å². The van der Waals surface area contributed by atoms with Crippen LogP contribution in [0.25, 0.3) is 0 Å². The summed E-state index contributed by atoms with van der Waals surface area (Å²) < 4.78 is 5.77. The zero-order valence-electron chi connectivity index (χ0n) is 11.7. The zero-order chi connectivity index (χ0) is 14.4. The van der Waals surface area contributed by atoms with Crippen LogP contribution in [-0.4, -0.2) is 6.54 Å². The van der Waals surface area contributed by atoms with Gasteiger partial charge < -0.3 is 10.5 Å². The Labute approximate surface area is 125 Å². The molecular weight excluding hydrogens is 270 g/mol. The van der Waals surface area contributed by atoms with Crippen LogP contribution in [0, 0.1) is 0 Å². The highest BCUT2D eigenvalue weighted by molar-refractivity contribution is 6.30. The Morgan fingerprint density at radius 3 is 2.10 bits per heavy atom. The second-order valence-corrected chi connectivity index (χ2v) is 5.39. The molecule has 0 saturated heterocycles. The molecule has 0 bridgehead atoms. The molecule has 0 aromatic heterocycles. The summed E-state index contributed by atoms with van der Waals surface area (Å²) in [6.07, 6.45) is 2.18. The molecule has 0 aliphatic heterocycles. The van der Waals surface area contributed by atoms with Gasteiger partial charge in [-0.05, 0) is 67.3 Å². The van der Waals surface area contributed by atoms with Gasteiger partial charge >= 0.3 is 0 Å². The van der Waals surface area contributed by atoms with Crippen LogP contribution in [0.4, 0.5) is 0 Å². The number of ether oxygens (including phenoxy) is 1. The molecule has 0 fully saturated rings. The summed E-state index contributed by atoms with van der Waals surface area (Å²) in [5.41, 5.74) is 6.87. The van der Waals surface area contributed by atoms with Crippen LogP contribution in [0.2, 0.25) is 5.02 Å². The van der Waals surface area contributed by atoms with E-state index in [1.165, 1.54) is 5.56 Å². The van der Waals surface area contributed by atoms with Gasteiger partial charge in [-0.25, -0.2) is 0 Å². The van der Waals surface area contributed by atoms with Crippen LogP contribution in [0.3, 0.4) is 0 Å². The topological polar surface area (TPSA) is 35.2 Å². The monoisotopic (exact) mass is 289 g/mol. The second-order valence-electron chi connectivity index (χ2n) is 4.96. The lowest BCUT2D eigenvalue weighted by molar-refractivity contribution is 0.482. The Morgan fingerprint density at radius 1 is 1.00 bits per heavy atom. The molecule has 0 aliphatic carbocycles. The molecule has 0 aliphatic rings. The Kier molecular flexibility index (Phi) is 5.45. The van der Waals surface area contributed by atoms with Gasteiger partial charge in [0.05, 0.1) is 0 Å². The molecule has 2 N–H and O–H groups in total. The summed E-state index contributed by atoms with van der Waals surface area (Å²) in [7, 11) is 0. The molecule has 20 heavy (non-hydrogen) atoms. The van der Waals surface area contributed by atoms with Gasteiger partial charge in [0.25, 0.3) is 0 Å². The van der Waals surface area contributed by atoms with Gasteiger partial charge in [-0.3, -0.25) is 0 Å². The van der Waals surface area contributed by atoms with Crippen LogP contribution in [0.15, 0.2) is 48.5 Å². The molecule has 1 unspecified atom stereocenters. The van der Waals surface area contributed by atoms with Crippen LogP contribution in [-0.2, 0) is 0 Å². The molecular formula is C17H20ClNO. The van der Waals surface area contributed by atoms with E-state index in [2.05, 4.69) is 19.1 Å². The van der Waals surface area contributed by atoms with Crippen LogP contribution < -0.4 is 10.5 Å². The lowest BCUT2D eigenvalue weighted by Crippen LogP contribution is -2.01. The van der Waals surface area contributed by atoms with E-state index in [1.54, 1.807) is 0 Å². The zero-order valence-corrected chi connectivity index (χ0v) is 12.4. The van der Waals surface area contributed by atoms with Crippen molar-refractivity contribution in [2.24, 2.45) is 5.73 Å². The molecule has 3 heteroatoms. The predicted molar refractivity (Wildman–Crippen MR) is 84.7 cm³/mol. The fourth-order valence-electron chi connectivity index (χ4n) is 2.09. The van der Waals surface area contributed by atoms with Crippen molar-refractivity contribution in [2.75, 3.05) is 6.54 Å². The van der Waals surface area contributed by atoms with E-state index in [0.717, 1.165) is 30.9 Å². The third kappa shape index (κ3) is 4.26. The van der Waals surface area contributed by atoms with E-state index in [9.17, 15) is 0 Å². The van der Waals surface area contributed by atoms with Crippen molar-refractivity contribution in [3.63, 3.8) is 0 Å². The average Bonchev–Trinajstić information content (AvgIpc) is 2.48. The summed E-state index contributed by atoms with van der Waals surface area (Å²) in [6.45, 7) is 2.98. The maximum absolute atomic E-state index is 5.85. The molecule has 106 valence electrons. The SMILES string of the molecule is CC(CCCN)c1ccc(Oc2ccc(Cl)cc2)cc1. The van der Waals surface area contributed by atoms with E-state index in [1.807, 2.05) is 36.4 Å². The number of halogens is 1. The molecule has 2 rings (SSSR count). The van der Waals surface area contributed by atoms with Gasteiger partial charge in [-0.1, -0.05) is 30.7 Å². The summed E-state index contributed by atoms with van der Waals surface area (Å²) in [5, 5.41) is 0.710. The summed E-state index contributed by atoms with van der Waals surface area (Å²) in [6, 6.07) is 15.6. The molecule has 2 aromatic carbocycles. The third-order valence-corrected chi connectivity index (χ3v) is 3.59. The van der Waals surface area contributed by atoms with Crippen molar-refractivity contribution in [3.05, 3.63) is 59.1 Å². The first kappa shape index (κ1) is 14.9. The van der Waals surface area contributed by atoms with Gasteiger partial charge in [0, 0.05) is 5.02 Å². The molecule has 1 atom stereocenters. The van der Waals surface area contributed by atoms with Gasteiger partial charge in [0.2, 0.25) is 0 Å². The molecule has 2 aromatic rings. The smallest absolute Gasteiger partial charge is 0.127 e. The van der Waals surface area contributed by atoms with E-state index in [0.29, 0.717) is 10.9 Å². The summed E-state index contributed by atoms with van der Waals surface area (Å²) in [4.78, 5) is 0. The Balaban J connectivity index is 1.99. The van der Waals surface area contributed by atoms with Crippen molar-refractivity contribution in [3.8, 4) is 11.5 Å². The molecule has 0 radical (unpaired) electrons. The van der Waals surface area contributed by atoms with Gasteiger partial charge in [0.1, 0.15) is 11.5 Å². The predicted octanol–water partition coefficient (Wildman–Crippen LogP) is 4.97. The standard InChI is InChI=1S/C17H20ClNO/c1-13(3-2-12-19)14-4-8-16(9-5-14)20-17-10-6-15(18)7-11-17/h4-11,13H,2-3,12,19H2,1H3. The largest absolute Gasteiger partial charge is 0.457 e. The maximum atomic E-state index is 5.85. The lowest BCUT2D eigenvalue weighted by atomic mass is 9.96. The molecule has 0 saturated carbocycles. The normalized spacial score (nSPS) is 12.2. The van der Waals surface area contributed by atoms with Gasteiger partial charge in [-0.15, -0.1) is 0 Å². The first-order valence-electron chi connectivity index (χ1n) is 6.92. The van der Waals surface area contributed by atoms with E-state index >= 15 is 0 Å². The van der Waals surface area contributed by atoms with Crippen molar-refractivity contribution in [1.82, 2.24) is 0 Å². The number of hydrogen-bond acceptors (Lipinski definition) is 2. The Morgan fingerprint density at radius 2 is 1.55 bits per heavy atom. The number of hydrogen-bond donors (Lipinski definition) is 1. The Bertz CT molecular complexity index is 522. The fourth-order valence-corrected chi connectivity index (χ4v) is 2.22. The van der Waals surface area contributed by atoms with Gasteiger partial charge in [0.15, 0.2) is 0 Å². The highest BCUT2D eigenvalue weighted by atomic mass is 35.5. The number of rotatable bonds is 6. The van der Waals surface area contributed by atoms with Crippen molar-refractivity contribution < 1.29 is 4.74 Å². The minimum absolute atomic E-state index is 0.531. The Hall–Kier alpha value is -1.51. The average molecular weight is 290 g/mol. The first-order chi connectivity index (χ1) is 9.69. The molecule has 0 heterocycles. The quantitative estimate of drug-likeness (QED) is 0.814. The number of nitrogens with two attached hydrogens (primary N) is 1. The highest BCUT2D eigenvalue weighted by Crippen LogP contribution is 2.26. The van der Waals surface area contributed by atoms with E-state index in [-0.39, 0.29) is 0 Å².